The normalized spacial score (nSPS) is 28.2. The van der Waals surface area contributed by atoms with E-state index in [-0.39, 0.29) is 28.5 Å². The zero-order valence-corrected chi connectivity index (χ0v) is 21.3. The van der Waals surface area contributed by atoms with Crippen LogP contribution in [0.15, 0.2) is 11.6 Å². The Labute approximate surface area is 202 Å². The van der Waals surface area contributed by atoms with Crippen LogP contribution in [0.1, 0.15) is 106 Å². The van der Waals surface area contributed by atoms with Gasteiger partial charge in [-0.2, -0.15) is 0 Å². The molecule has 0 radical (unpaired) electrons. The van der Waals surface area contributed by atoms with E-state index in [1.54, 1.807) is 0 Å². The summed E-state index contributed by atoms with van der Waals surface area (Å²) in [6, 6.07) is 0. The molecule has 6 heteroatoms. The lowest BCUT2D eigenvalue weighted by molar-refractivity contribution is 0.0318. The molecule has 0 aromatic heterocycles. The zero-order chi connectivity index (χ0) is 25.6. The van der Waals surface area contributed by atoms with Gasteiger partial charge in [-0.1, -0.05) is 39.3 Å². The summed E-state index contributed by atoms with van der Waals surface area (Å²) in [5.74, 6) is -1.10. The lowest BCUT2D eigenvalue weighted by Crippen LogP contribution is -2.31. The van der Waals surface area contributed by atoms with E-state index >= 15 is 0 Å². The maximum absolute atomic E-state index is 11.7. The summed E-state index contributed by atoms with van der Waals surface area (Å²) in [6.45, 7) is 12.2. The third kappa shape index (κ3) is 4.37. The van der Waals surface area contributed by atoms with Gasteiger partial charge in [-0.3, -0.25) is 9.59 Å². The summed E-state index contributed by atoms with van der Waals surface area (Å²) in [5, 5.41) is 43.4. The number of phenolic OH excluding ortho intramolecular Hbond substituents is 3. The van der Waals surface area contributed by atoms with Crippen LogP contribution in [-0.4, -0.2) is 38.6 Å². The lowest BCUT2D eigenvalue weighted by Gasteiger charge is -2.40. The Kier molecular flexibility index (Phi) is 7.24. The summed E-state index contributed by atoms with van der Waals surface area (Å²) in [6.07, 6.45) is 7.14. The number of hydrogen-bond acceptors (Lipinski definition) is 6. The van der Waals surface area contributed by atoms with Gasteiger partial charge in [0.25, 0.3) is 0 Å². The molecular formula is C28H40O6. The fourth-order valence-corrected chi connectivity index (χ4v) is 6.45. The van der Waals surface area contributed by atoms with Gasteiger partial charge < -0.3 is 20.4 Å². The smallest absolute Gasteiger partial charge is 0.157 e. The van der Waals surface area contributed by atoms with Crippen molar-refractivity contribution in [1.82, 2.24) is 0 Å². The van der Waals surface area contributed by atoms with Crippen molar-refractivity contribution in [2.45, 2.75) is 85.2 Å². The van der Waals surface area contributed by atoms with Gasteiger partial charge in [-0.15, -0.1) is 0 Å². The van der Waals surface area contributed by atoms with E-state index < -0.39 is 34.2 Å². The number of phenols is 3. The molecule has 0 amide bonds. The van der Waals surface area contributed by atoms with Crippen molar-refractivity contribution in [2.24, 2.45) is 29.1 Å². The molecule has 0 spiro atoms. The van der Waals surface area contributed by atoms with Gasteiger partial charge in [-0.25, -0.2) is 0 Å². The SMILES string of the molecule is CC(C)CC(c1c(O)c(C=O)c(O)c(C=O)c1O)[C@@]1(C)CC[C@H]2C1=C[C@H](C(C)(C)O)CC[C@H]2C. The van der Waals surface area contributed by atoms with Gasteiger partial charge in [0.15, 0.2) is 12.6 Å². The molecule has 6 nitrogen and oxygen atoms in total. The third-order valence-corrected chi connectivity index (χ3v) is 8.53. The van der Waals surface area contributed by atoms with E-state index in [2.05, 4.69) is 33.8 Å². The second-order valence-electron chi connectivity index (χ2n) is 11.7. The fourth-order valence-electron chi connectivity index (χ4n) is 6.45. The van der Waals surface area contributed by atoms with E-state index in [4.69, 9.17) is 0 Å². The van der Waals surface area contributed by atoms with E-state index in [9.17, 15) is 30.0 Å². The minimum absolute atomic E-state index is 0.0230. The van der Waals surface area contributed by atoms with Crippen molar-refractivity contribution in [3.05, 3.63) is 28.3 Å². The van der Waals surface area contributed by atoms with Gasteiger partial charge in [0.05, 0.1) is 16.7 Å². The number of aliphatic hydroxyl groups is 1. The monoisotopic (exact) mass is 472 g/mol. The Morgan fingerprint density at radius 2 is 1.59 bits per heavy atom. The Morgan fingerprint density at radius 1 is 1.03 bits per heavy atom. The number of carbonyl (C=O) groups excluding carboxylic acids is 2. The van der Waals surface area contributed by atoms with Gasteiger partial charge in [0.1, 0.15) is 17.2 Å². The Bertz CT molecular complexity index is 951. The van der Waals surface area contributed by atoms with Crippen LogP contribution in [0.5, 0.6) is 17.2 Å². The van der Waals surface area contributed by atoms with Crippen LogP contribution in [0.2, 0.25) is 0 Å². The summed E-state index contributed by atoms with van der Waals surface area (Å²) in [7, 11) is 0. The molecule has 0 heterocycles. The molecule has 1 aromatic carbocycles. The van der Waals surface area contributed by atoms with Gasteiger partial charge >= 0.3 is 0 Å². The highest BCUT2D eigenvalue weighted by Crippen LogP contribution is 2.62. The molecule has 0 aliphatic heterocycles. The van der Waals surface area contributed by atoms with E-state index in [1.165, 1.54) is 5.57 Å². The molecule has 3 rings (SSSR count). The summed E-state index contributed by atoms with van der Waals surface area (Å²) >= 11 is 0. The van der Waals surface area contributed by atoms with Crippen molar-refractivity contribution in [1.29, 1.82) is 0 Å². The number of aldehydes is 2. The first-order valence-electron chi connectivity index (χ1n) is 12.4. The molecule has 4 N–H and O–H groups in total. The van der Waals surface area contributed by atoms with Crippen molar-refractivity contribution < 1.29 is 30.0 Å². The highest BCUT2D eigenvalue weighted by Gasteiger charge is 2.50. The maximum atomic E-state index is 11.7. The second kappa shape index (κ2) is 9.37. The first-order valence-corrected chi connectivity index (χ1v) is 12.4. The van der Waals surface area contributed by atoms with Crippen LogP contribution in [0.4, 0.5) is 0 Å². The van der Waals surface area contributed by atoms with Crippen molar-refractivity contribution in [2.75, 3.05) is 0 Å². The molecule has 5 atom stereocenters. The minimum atomic E-state index is -0.878. The predicted octanol–water partition coefficient (Wildman–Crippen LogP) is 5.72. The number of benzene rings is 1. The molecule has 2 aliphatic rings. The number of aromatic hydroxyl groups is 3. The third-order valence-electron chi connectivity index (χ3n) is 8.53. The molecule has 1 fully saturated rings. The molecule has 34 heavy (non-hydrogen) atoms. The number of allylic oxidation sites excluding steroid dienone is 1. The fraction of sp³-hybridized carbons (Fsp3) is 0.643. The molecule has 0 bridgehead atoms. The van der Waals surface area contributed by atoms with Crippen molar-refractivity contribution in [3.63, 3.8) is 0 Å². The molecule has 0 saturated heterocycles. The number of rotatable bonds is 7. The maximum Gasteiger partial charge on any atom is 0.157 e. The number of hydrogen-bond donors (Lipinski definition) is 4. The minimum Gasteiger partial charge on any atom is -0.507 e. The van der Waals surface area contributed by atoms with Gasteiger partial charge in [0, 0.05) is 17.4 Å². The van der Waals surface area contributed by atoms with Crippen LogP contribution in [-0.2, 0) is 0 Å². The van der Waals surface area contributed by atoms with Crippen LogP contribution in [0.25, 0.3) is 0 Å². The largest absolute Gasteiger partial charge is 0.507 e. The Balaban J connectivity index is 2.30. The average molecular weight is 473 g/mol. The quantitative estimate of drug-likeness (QED) is 0.298. The van der Waals surface area contributed by atoms with Gasteiger partial charge in [-0.05, 0) is 69.1 Å². The summed E-state index contributed by atoms with van der Waals surface area (Å²) < 4.78 is 0. The van der Waals surface area contributed by atoms with E-state index in [0.717, 1.165) is 25.7 Å². The average Bonchev–Trinajstić information content (AvgIpc) is 2.95. The molecule has 1 unspecified atom stereocenters. The first-order chi connectivity index (χ1) is 15.8. The van der Waals surface area contributed by atoms with Crippen molar-refractivity contribution in [3.8, 4) is 17.2 Å². The van der Waals surface area contributed by atoms with Crippen LogP contribution in [0.3, 0.4) is 0 Å². The summed E-state index contributed by atoms with van der Waals surface area (Å²) in [4.78, 5) is 23.5. The highest BCUT2D eigenvalue weighted by molar-refractivity contribution is 5.95. The van der Waals surface area contributed by atoms with Crippen LogP contribution in [0, 0.1) is 29.1 Å². The van der Waals surface area contributed by atoms with E-state index in [1.807, 2.05) is 13.8 Å². The first kappa shape index (κ1) is 26.3. The predicted molar refractivity (Wildman–Crippen MR) is 132 cm³/mol. The second-order valence-corrected chi connectivity index (χ2v) is 11.7. The lowest BCUT2D eigenvalue weighted by atomic mass is 9.64. The summed E-state index contributed by atoms with van der Waals surface area (Å²) in [5.41, 5.74) is -0.724. The number of fused-ring (bicyclic) bond motifs is 1. The Hall–Kier alpha value is -2.34. The van der Waals surface area contributed by atoms with Crippen LogP contribution >= 0.6 is 0 Å². The molecule has 188 valence electrons. The van der Waals surface area contributed by atoms with Crippen LogP contribution < -0.4 is 0 Å². The van der Waals surface area contributed by atoms with E-state index in [0.29, 0.717) is 30.8 Å². The van der Waals surface area contributed by atoms with Gasteiger partial charge in [0.2, 0.25) is 0 Å². The molecular weight excluding hydrogens is 432 g/mol. The highest BCUT2D eigenvalue weighted by atomic mass is 16.3. The molecule has 1 aromatic rings. The topological polar surface area (TPSA) is 115 Å². The molecule has 2 aliphatic carbocycles. The Morgan fingerprint density at radius 3 is 2.06 bits per heavy atom. The molecule has 1 saturated carbocycles. The zero-order valence-electron chi connectivity index (χ0n) is 21.3. The number of carbonyl (C=O) groups is 2. The standard InChI is InChI=1S/C28H40O6/c1-15(2)11-22(23-25(32)19(13-29)24(31)20(14-30)26(23)33)28(6)10-9-18-16(3)7-8-17(12-21(18)28)27(4,5)34/h12-18,22,31-34H,7-11H2,1-6H3/t16-,17-,18-,22?,28+/m1/s1. The van der Waals surface area contributed by atoms with Crippen molar-refractivity contribution >= 4 is 12.6 Å².